The molecular weight excluding hydrogens is 264 g/mol. The van der Waals surface area contributed by atoms with Gasteiger partial charge in [-0.2, -0.15) is 0 Å². The van der Waals surface area contributed by atoms with Gasteiger partial charge >= 0.3 is 128 Å². The predicted molar refractivity (Wildman–Crippen MR) is 77.4 cm³/mol. The molecule has 0 radical (unpaired) electrons. The Morgan fingerprint density at radius 2 is 1.84 bits per heavy atom. The molecule has 0 fully saturated rings. The third-order valence-corrected chi connectivity index (χ3v) is 7.11. The van der Waals surface area contributed by atoms with Gasteiger partial charge in [0, 0.05) is 0 Å². The van der Waals surface area contributed by atoms with E-state index >= 15 is 0 Å². The first-order valence-corrected chi connectivity index (χ1v) is 7.96. The average Bonchev–Trinajstić information content (AvgIpc) is 2.92. The zero-order valence-electron chi connectivity index (χ0n) is 12.2. The molecule has 0 bridgehead atoms. The van der Waals surface area contributed by atoms with Gasteiger partial charge in [0.15, 0.2) is 0 Å². The van der Waals surface area contributed by atoms with E-state index in [1.54, 1.807) is 9.45 Å². The zero-order valence-corrected chi connectivity index (χ0v) is 13.8. The van der Waals surface area contributed by atoms with Crippen molar-refractivity contribution in [1.82, 2.24) is 0 Å². The van der Waals surface area contributed by atoms with Crippen LogP contribution in [0.25, 0.3) is 6.08 Å². The molecule has 1 heteroatoms. The maximum atomic E-state index is 2.47. The van der Waals surface area contributed by atoms with Gasteiger partial charge in [0.25, 0.3) is 0 Å². The Balaban J connectivity index is 2.11. The second-order valence-corrected chi connectivity index (χ2v) is 7.21. The molecule has 0 saturated carbocycles. The molecule has 0 saturated heterocycles. The molecule has 97 valence electrons. The van der Waals surface area contributed by atoms with Crippen molar-refractivity contribution < 1.29 is 20.4 Å². The second kappa shape index (κ2) is 4.47. The molecule has 0 aliphatic heterocycles. The summed E-state index contributed by atoms with van der Waals surface area (Å²) in [6.45, 7) is 9.64. The summed E-state index contributed by atoms with van der Waals surface area (Å²) in [5, 5.41) is 0. The van der Waals surface area contributed by atoms with Crippen LogP contribution >= 0.6 is 0 Å². The molecule has 2 aliphatic carbocycles. The summed E-state index contributed by atoms with van der Waals surface area (Å²) >= 11 is 2.33. The van der Waals surface area contributed by atoms with Gasteiger partial charge in [-0.1, -0.05) is 0 Å². The summed E-state index contributed by atoms with van der Waals surface area (Å²) in [6, 6.07) is 8.87. The number of allylic oxidation sites excluding steroid dienone is 3. The van der Waals surface area contributed by atoms with E-state index in [-0.39, 0.29) is 5.41 Å². The van der Waals surface area contributed by atoms with Gasteiger partial charge in [-0.15, -0.1) is 0 Å². The van der Waals surface area contributed by atoms with Gasteiger partial charge in [0.2, 0.25) is 0 Å². The van der Waals surface area contributed by atoms with Crippen molar-refractivity contribution in [3.05, 3.63) is 50.9 Å². The van der Waals surface area contributed by atoms with Crippen LogP contribution in [-0.2, 0) is 20.4 Å². The van der Waals surface area contributed by atoms with Gasteiger partial charge in [-0.3, -0.25) is 0 Å². The van der Waals surface area contributed by atoms with Gasteiger partial charge in [0.1, 0.15) is 0 Å². The fraction of sp³-hybridized carbons (Fsp3) is 0.444. The summed E-state index contributed by atoms with van der Waals surface area (Å²) in [7, 11) is 0. The van der Waals surface area contributed by atoms with Crippen LogP contribution in [0.4, 0.5) is 0 Å². The van der Waals surface area contributed by atoms with Crippen LogP contribution < -0.4 is 0 Å². The molecule has 4 atom stereocenters. The Bertz CT molecular complexity index is 581. The van der Waals surface area contributed by atoms with Crippen molar-refractivity contribution in [2.75, 3.05) is 0 Å². The van der Waals surface area contributed by atoms with E-state index in [0.717, 1.165) is 0 Å². The molecule has 0 aromatic heterocycles. The van der Waals surface area contributed by atoms with E-state index in [1.165, 1.54) is 11.1 Å². The fourth-order valence-corrected chi connectivity index (χ4v) is 4.84. The summed E-state index contributed by atoms with van der Waals surface area (Å²) in [5.41, 5.74) is 4.80. The Hall–Kier alpha value is -0.586. The quantitative estimate of drug-likeness (QED) is 0.643. The third-order valence-electron chi connectivity index (χ3n) is 5.81. The Morgan fingerprint density at radius 1 is 1.16 bits per heavy atom. The van der Waals surface area contributed by atoms with Gasteiger partial charge < -0.3 is 0 Å². The Labute approximate surface area is 128 Å². The molecule has 0 N–H and O–H groups in total. The third kappa shape index (κ3) is 1.69. The van der Waals surface area contributed by atoms with Crippen molar-refractivity contribution in [3.8, 4) is 0 Å². The molecule has 3 rings (SSSR count). The van der Waals surface area contributed by atoms with Crippen LogP contribution in [-0.4, -0.2) is 0 Å². The zero-order chi connectivity index (χ0) is 13.8. The van der Waals surface area contributed by atoms with Crippen LogP contribution in [0, 0.1) is 17.3 Å². The van der Waals surface area contributed by atoms with Crippen molar-refractivity contribution in [2.45, 2.75) is 33.6 Å². The topological polar surface area (TPSA) is 0 Å². The molecule has 1 aromatic rings. The molecule has 0 spiro atoms. The summed E-state index contributed by atoms with van der Waals surface area (Å²) in [4.78, 5) is 0. The summed E-state index contributed by atoms with van der Waals surface area (Å²) < 4.78 is 1.60. The minimum atomic E-state index is 0.270. The predicted octanol–water partition coefficient (Wildman–Crippen LogP) is 4.91. The van der Waals surface area contributed by atoms with E-state index in [0.29, 0.717) is 17.8 Å². The Kier molecular flexibility index (Phi) is 3.15. The van der Waals surface area contributed by atoms with Gasteiger partial charge in [-0.05, 0) is 0 Å². The second-order valence-electron chi connectivity index (χ2n) is 6.36. The van der Waals surface area contributed by atoms with Crippen LogP contribution in [0.3, 0.4) is 0 Å². The van der Waals surface area contributed by atoms with Crippen molar-refractivity contribution in [3.63, 3.8) is 0 Å². The number of hydrogen-bond acceptors (Lipinski definition) is 0. The molecule has 0 heterocycles. The molecule has 19 heavy (non-hydrogen) atoms. The molecular formula is C18H21Ti. The minimum absolute atomic E-state index is 0.270. The van der Waals surface area contributed by atoms with Crippen molar-refractivity contribution >= 4 is 6.08 Å². The molecule has 4 unspecified atom stereocenters. The summed E-state index contributed by atoms with van der Waals surface area (Å²) in [6.07, 6.45) is 4.74. The maximum absolute atomic E-state index is 2.47. The van der Waals surface area contributed by atoms with E-state index in [2.05, 4.69) is 84.5 Å². The van der Waals surface area contributed by atoms with Gasteiger partial charge in [0.05, 0.1) is 0 Å². The van der Waals surface area contributed by atoms with E-state index in [1.807, 2.05) is 0 Å². The standard InChI is InChI=1S/C18H21.Ti/c1-12-11-13(2)18(4,14(12)3)17-10-9-15-7-5-6-8-16(15)17;/h5-10,12,14,17H,1-4H3;. The molecule has 0 amide bonds. The normalized spacial score (nSPS) is 36.9. The van der Waals surface area contributed by atoms with Gasteiger partial charge in [-0.25, -0.2) is 0 Å². The summed E-state index contributed by atoms with van der Waals surface area (Å²) in [5.74, 6) is 1.94. The van der Waals surface area contributed by atoms with E-state index in [4.69, 9.17) is 0 Å². The van der Waals surface area contributed by atoms with E-state index < -0.39 is 0 Å². The van der Waals surface area contributed by atoms with Crippen LogP contribution in [0.1, 0.15) is 44.7 Å². The van der Waals surface area contributed by atoms with Crippen LogP contribution in [0.2, 0.25) is 0 Å². The SMILES string of the molecule is CC1=[C]([Ti])C(C)C(C)C1(C)C1C=Cc2ccccc21. The fourth-order valence-electron chi connectivity index (χ4n) is 4.03. The number of benzene rings is 1. The monoisotopic (exact) mass is 285 g/mol. The van der Waals surface area contributed by atoms with Crippen LogP contribution in [0.15, 0.2) is 39.8 Å². The number of rotatable bonds is 1. The molecule has 2 aliphatic rings. The van der Waals surface area contributed by atoms with Crippen molar-refractivity contribution in [2.24, 2.45) is 17.3 Å². The first-order chi connectivity index (χ1) is 8.98. The van der Waals surface area contributed by atoms with Crippen LogP contribution in [0.5, 0.6) is 0 Å². The first kappa shape index (κ1) is 13.4. The average molecular weight is 285 g/mol. The number of fused-ring (bicyclic) bond motifs is 1. The Morgan fingerprint density at radius 3 is 2.47 bits per heavy atom. The van der Waals surface area contributed by atoms with E-state index in [9.17, 15) is 0 Å². The number of hydrogen-bond donors (Lipinski definition) is 0. The molecule has 1 aromatic carbocycles. The first-order valence-electron chi connectivity index (χ1n) is 7.18. The molecule has 0 nitrogen and oxygen atoms in total. The van der Waals surface area contributed by atoms with Crippen molar-refractivity contribution in [1.29, 1.82) is 0 Å².